The van der Waals surface area contributed by atoms with Crippen molar-refractivity contribution in [1.29, 1.82) is 0 Å². The quantitative estimate of drug-likeness (QED) is 0.785. The van der Waals surface area contributed by atoms with Crippen molar-refractivity contribution in [1.82, 2.24) is 14.9 Å². The van der Waals surface area contributed by atoms with Crippen LogP contribution in [0.4, 0.5) is 0 Å². The number of amides is 1. The second-order valence-electron chi connectivity index (χ2n) is 4.60. The SMILES string of the molecule is Cc1nn2ccccc2c1C(=O)NCCCCC(=O)O. The van der Waals surface area contributed by atoms with Gasteiger partial charge in [-0.25, -0.2) is 4.52 Å². The third-order valence-electron chi connectivity index (χ3n) is 3.05. The molecule has 1 amide bonds. The Hall–Kier alpha value is -2.37. The molecule has 0 saturated carbocycles. The van der Waals surface area contributed by atoms with Gasteiger partial charge in [0.2, 0.25) is 0 Å². The van der Waals surface area contributed by atoms with Crippen molar-refractivity contribution < 1.29 is 14.7 Å². The molecule has 0 aliphatic rings. The van der Waals surface area contributed by atoms with Gasteiger partial charge in [-0.05, 0) is 31.9 Å². The zero-order valence-electron chi connectivity index (χ0n) is 11.3. The highest BCUT2D eigenvalue weighted by Crippen LogP contribution is 2.14. The molecule has 0 unspecified atom stereocenters. The number of nitrogens with one attached hydrogen (secondary N) is 1. The number of carboxylic acid groups (broad SMARTS) is 1. The van der Waals surface area contributed by atoms with Crippen molar-refractivity contribution in [3.63, 3.8) is 0 Å². The number of carbonyl (C=O) groups excluding carboxylic acids is 1. The van der Waals surface area contributed by atoms with Crippen LogP contribution in [-0.2, 0) is 4.79 Å². The van der Waals surface area contributed by atoms with Crippen LogP contribution in [0.3, 0.4) is 0 Å². The number of aryl methyl sites for hydroxylation is 1. The summed E-state index contributed by atoms with van der Waals surface area (Å²) >= 11 is 0. The van der Waals surface area contributed by atoms with Crippen molar-refractivity contribution in [3.05, 3.63) is 35.7 Å². The molecular formula is C14H17N3O3. The second-order valence-corrected chi connectivity index (χ2v) is 4.60. The average molecular weight is 275 g/mol. The van der Waals surface area contributed by atoms with Crippen molar-refractivity contribution in [2.75, 3.05) is 6.54 Å². The zero-order valence-corrected chi connectivity index (χ0v) is 11.3. The third kappa shape index (κ3) is 3.14. The van der Waals surface area contributed by atoms with Crippen LogP contribution in [0.5, 0.6) is 0 Å². The van der Waals surface area contributed by atoms with Gasteiger partial charge in [-0.1, -0.05) is 6.07 Å². The van der Waals surface area contributed by atoms with E-state index in [0.717, 1.165) is 5.52 Å². The number of aromatic nitrogens is 2. The third-order valence-corrected chi connectivity index (χ3v) is 3.05. The lowest BCUT2D eigenvalue weighted by atomic mass is 10.2. The van der Waals surface area contributed by atoms with Crippen LogP contribution in [-0.4, -0.2) is 33.1 Å². The Morgan fingerprint density at radius 3 is 2.90 bits per heavy atom. The fraction of sp³-hybridized carbons (Fsp3) is 0.357. The molecule has 2 heterocycles. The summed E-state index contributed by atoms with van der Waals surface area (Å²) in [7, 11) is 0. The highest BCUT2D eigenvalue weighted by molar-refractivity contribution is 6.01. The summed E-state index contributed by atoms with van der Waals surface area (Å²) in [6, 6.07) is 5.56. The number of unbranched alkanes of at least 4 members (excludes halogenated alkanes) is 1. The minimum atomic E-state index is -0.810. The van der Waals surface area contributed by atoms with Crippen LogP contribution < -0.4 is 5.32 Å². The number of fused-ring (bicyclic) bond motifs is 1. The minimum absolute atomic E-state index is 0.131. The van der Waals surface area contributed by atoms with Crippen LogP contribution in [0.15, 0.2) is 24.4 Å². The van der Waals surface area contributed by atoms with E-state index in [-0.39, 0.29) is 12.3 Å². The molecule has 0 radical (unpaired) electrons. The van der Waals surface area contributed by atoms with Crippen molar-refractivity contribution >= 4 is 17.4 Å². The number of rotatable bonds is 6. The lowest BCUT2D eigenvalue weighted by molar-refractivity contribution is -0.137. The molecular weight excluding hydrogens is 258 g/mol. The summed E-state index contributed by atoms with van der Waals surface area (Å²) in [5.74, 6) is -0.978. The van der Waals surface area contributed by atoms with E-state index in [9.17, 15) is 9.59 Å². The summed E-state index contributed by atoms with van der Waals surface area (Å²) in [6.07, 6.45) is 3.14. The van der Waals surface area contributed by atoms with E-state index >= 15 is 0 Å². The summed E-state index contributed by atoms with van der Waals surface area (Å²) in [4.78, 5) is 22.5. The fourth-order valence-corrected chi connectivity index (χ4v) is 2.09. The van der Waals surface area contributed by atoms with Gasteiger partial charge >= 0.3 is 5.97 Å². The van der Waals surface area contributed by atoms with Crippen LogP contribution in [0.2, 0.25) is 0 Å². The number of nitrogens with zero attached hydrogens (tertiary/aromatic N) is 2. The molecule has 106 valence electrons. The van der Waals surface area contributed by atoms with Gasteiger partial charge in [-0.15, -0.1) is 0 Å². The molecule has 6 heteroatoms. The first-order valence-corrected chi connectivity index (χ1v) is 6.53. The van der Waals surface area contributed by atoms with Gasteiger partial charge in [-0.2, -0.15) is 5.10 Å². The van der Waals surface area contributed by atoms with Crippen molar-refractivity contribution in [3.8, 4) is 0 Å². The Balaban J connectivity index is 1.97. The van der Waals surface area contributed by atoms with Gasteiger partial charge in [0.05, 0.1) is 16.8 Å². The molecule has 0 fully saturated rings. The summed E-state index contributed by atoms with van der Waals surface area (Å²) in [5.41, 5.74) is 2.02. The largest absolute Gasteiger partial charge is 0.481 e. The van der Waals surface area contributed by atoms with Gasteiger partial charge in [0.15, 0.2) is 0 Å². The van der Waals surface area contributed by atoms with Crippen LogP contribution in [0.1, 0.15) is 35.3 Å². The van der Waals surface area contributed by atoms with E-state index in [0.29, 0.717) is 30.6 Å². The molecule has 0 saturated heterocycles. The maximum atomic E-state index is 12.2. The van der Waals surface area contributed by atoms with Gasteiger partial charge in [0.25, 0.3) is 5.91 Å². The first-order chi connectivity index (χ1) is 9.59. The topological polar surface area (TPSA) is 83.7 Å². The van der Waals surface area contributed by atoms with Gasteiger partial charge < -0.3 is 10.4 Å². The molecule has 0 bridgehead atoms. The van der Waals surface area contributed by atoms with Gasteiger partial charge in [-0.3, -0.25) is 9.59 Å². The zero-order chi connectivity index (χ0) is 14.5. The highest BCUT2D eigenvalue weighted by Gasteiger charge is 2.15. The van der Waals surface area contributed by atoms with Crippen LogP contribution in [0, 0.1) is 6.92 Å². The maximum Gasteiger partial charge on any atom is 0.303 e. The van der Waals surface area contributed by atoms with E-state index in [1.807, 2.05) is 18.2 Å². The van der Waals surface area contributed by atoms with E-state index in [1.165, 1.54) is 0 Å². The number of carboxylic acids is 1. The Bertz CT molecular complexity index is 634. The molecule has 2 N–H and O–H groups in total. The van der Waals surface area contributed by atoms with Crippen LogP contribution >= 0.6 is 0 Å². The van der Waals surface area contributed by atoms with Gasteiger partial charge in [0, 0.05) is 19.2 Å². The Kier molecular flexibility index (Phi) is 4.34. The molecule has 0 aliphatic carbocycles. The summed E-state index contributed by atoms with van der Waals surface area (Å²) in [6.45, 7) is 2.27. The number of aliphatic carboxylic acids is 1. The number of pyridine rings is 1. The molecule has 6 nitrogen and oxygen atoms in total. The Morgan fingerprint density at radius 1 is 1.35 bits per heavy atom. The molecule has 20 heavy (non-hydrogen) atoms. The van der Waals surface area contributed by atoms with Crippen LogP contribution in [0.25, 0.3) is 5.52 Å². The second kappa shape index (κ2) is 6.18. The standard InChI is InChI=1S/C14H17N3O3/c1-10-13(11-6-3-5-9-17(11)16-10)14(20)15-8-4-2-7-12(18)19/h3,5-6,9H,2,4,7-8H2,1H3,(H,15,20)(H,18,19). The van der Waals surface area contributed by atoms with E-state index in [4.69, 9.17) is 5.11 Å². The van der Waals surface area contributed by atoms with E-state index < -0.39 is 5.97 Å². The summed E-state index contributed by atoms with van der Waals surface area (Å²) in [5, 5.41) is 15.6. The lowest BCUT2D eigenvalue weighted by Gasteiger charge is -2.04. The molecule has 2 aromatic rings. The average Bonchev–Trinajstić information content (AvgIpc) is 2.73. The Labute approximate surface area is 116 Å². The van der Waals surface area contributed by atoms with Crippen molar-refractivity contribution in [2.45, 2.75) is 26.2 Å². The number of hydrogen-bond acceptors (Lipinski definition) is 3. The smallest absolute Gasteiger partial charge is 0.303 e. The number of carbonyl (C=O) groups is 2. The molecule has 0 atom stereocenters. The molecule has 2 rings (SSSR count). The predicted octanol–water partition coefficient (Wildman–Crippen LogP) is 1.63. The fourth-order valence-electron chi connectivity index (χ4n) is 2.09. The molecule has 0 aliphatic heterocycles. The molecule has 0 aromatic carbocycles. The predicted molar refractivity (Wildman–Crippen MR) is 73.7 cm³/mol. The van der Waals surface area contributed by atoms with E-state index in [2.05, 4.69) is 10.4 Å². The van der Waals surface area contributed by atoms with Crippen molar-refractivity contribution in [2.24, 2.45) is 0 Å². The summed E-state index contributed by atoms with van der Waals surface area (Å²) < 4.78 is 1.68. The Morgan fingerprint density at radius 2 is 2.15 bits per heavy atom. The monoisotopic (exact) mass is 275 g/mol. The lowest BCUT2D eigenvalue weighted by Crippen LogP contribution is -2.25. The molecule has 2 aromatic heterocycles. The van der Waals surface area contributed by atoms with Gasteiger partial charge in [0.1, 0.15) is 0 Å². The molecule has 0 spiro atoms. The maximum absolute atomic E-state index is 12.2. The number of hydrogen-bond donors (Lipinski definition) is 2. The normalized spacial score (nSPS) is 10.7. The first-order valence-electron chi connectivity index (χ1n) is 6.53. The highest BCUT2D eigenvalue weighted by atomic mass is 16.4. The van der Waals surface area contributed by atoms with E-state index in [1.54, 1.807) is 17.6 Å². The first kappa shape index (κ1) is 14.0. The minimum Gasteiger partial charge on any atom is -0.481 e.